The van der Waals surface area contributed by atoms with Gasteiger partial charge in [-0.05, 0) is 0 Å². The van der Waals surface area contributed by atoms with Crippen LogP contribution in [-0.2, 0) is 3.07 Å². The van der Waals surface area contributed by atoms with Gasteiger partial charge in [0.2, 0.25) is 0 Å². The average Bonchev–Trinajstić information content (AvgIpc) is 2.84. The van der Waals surface area contributed by atoms with Gasteiger partial charge < -0.3 is 0 Å². The van der Waals surface area contributed by atoms with E-state index >= 15 is 0 Å². The first-order chi connectivity index (χ1) is 15.6. The fourth-order valence-electron chi connectivity index (χ4n) is 4.09. The van der Waals surface area contributed by atoms with Gasteiger partial charge in [-0.1, -0.05) is 0 Å². The molecule has 1 N–H and O–H groups in total. The molecule has 0 aromatic heterocycles. The molecule has 0 bridgehead atoms. The number of benzene rings is 2. The van der Waals surface area contributed by atoms with Crippen molar-refractivity contribution in [2.24, 2.45) is 0 Å². The Hall–Kier alpha value is -1.46. The van der Waals surface area contributed by atoms with E-state index in [1.165, 1.54) is 51.8 Å². The van der Waals surface area contributed by atoms with Crippen LogP contribution in [-0.4, -0.2) is 31.0 Å². The summed E-state index contributed by atoms with van der Waals surface area (Å²) in [6, 6.07) is 18.0. The number of aliphatic hydroxyl groups is 1. The Morgan fingerprint density at radius 3 is 1.84 bits per heavy atom. The fourth-order valence-corrected chi connectivity index (χ4v) is 17.5. The molecule has 1 atom stereocenters. The Balaban J connectivity index is 2.42. The van der Waals surface area contributed by atoms with Crippen LogP contribution in [0.2, 0.25) is 13.3 Å². The normalized spacial score (nSPS) is 13.1. The quantitative estimate of drug-likeness (QED) is 0.182. The summed E-state index contributed by atoms with van der Waals surface area (Å²) in [5.41, 5.74) is 1.91. The summed E-state index contributed by atoms with van der Waals surface area (Å²) in [4.78, 5) is 0. The molecule has 2 aromatic rings. The van der Waals surface area contributed by atoms with Crippen LogP contribution in [0.1, 0.15) is 76.5 Å². The zero-order chi connectivity index (χ0) is 23.2. The van der Waals surface area contributed by atoms with E-state index in [0.29, 0.717) is 0 Å². The molecule has 0 amide bonds. The van der Waals surface area contributed by atoms with E-state index in [4.69, 9.17) is 7.81 Å². The Labute approximate surface area is 200 Å². The van der Waals surface area contributed by atoms with Crippen molar-refractivity contribution in [1.29, 1.82) is 0 Å². The fraction of sp³-hybridized carbons (Fsp3) is 0.500. The zero-order valence-electron chi connectivity index (χ0n) is 20.5. The minimum absolute atomic E-state index is 0.719. The van der Waals surface area contributed by atoms with E-state index < -0.39 is 24.9 Å². The molecule has 176 valence electrons. The summed E-state index contributed by atoms with van der Waals surface area (Å²) in [7, 11) is 1.65. The van der Waals surface area contributed by atoms with Gasteiger partial charge in [-0.2, -0.15) is 0 Å². The number of aliphatic hydroxyl groups excluding tert-OH is 1. The number of hydrogen-bond acceptors (Lipinski definition) is 3. The predicted octanol–water partition coefficient (Wildman–Crippen LogP) is 8.13. The van der Waals surface area contributed by atoms with Crippen molar-refractivity contribution in [3.8, 4) is 5.75 Å². The second kappa shape index (κ2) is 14.6. The van der Waals surface area contributed by atoms with Crippen LogP contribution < -0.4 is 4.74 Å². The van der Waals surface area contributed by atoms with Crippen molar-refractivity contribution in [3.05, 3.63) is 71.8 Å². The van der Waals surface area contributed by atoms with Gasteiger partial charge in [0.25, 0.3) is 0 Å². The average molecular weight is 545 g/mol. The molecule has 2 rings (SSSR count). The molecular formula is C28H42O3Sn. The molecule has 0 heterocycles. The van der Waals surface area contributed by atoms with Crippen molar-refractivity contribution in [2.45, 2.75) is 78.7 Å². The van der Waals surface area contributed by atoms with Gasteiger partial charge in [0.15, 0.2) is 0 Å². The third-order valence-electron chi connectivity index (χ3n) is 6.11. The Kier molecular flexibility index (Phi) is 12.3. The summed E-state index contributed by atoms with van der Waals surface area (Å²) < 4.78 is 16.2. The van der Waals surface area contributed by atoms with Gasteiger partial charge in [0, 0.05) is 0 Å². The number of rotatable bonds is 15. The Bertz CT molecular complexity index is 764. The maximum absolute atomic E-state index is 11.1. The molecule has 0 saturated heterocycles. The van der Waals surface area contributed by atoms with Crippen molar-refractivity contribution >= 4 is 24.6 Å². The predicted molar refractivity (Wildman–Crippen MR) is 138 cm³/mol. The molecule has 0 aliphatic heterocycles. The first-order valence-corrected chi connectivity index (χ1v) is 19.6. The standard InChI is InChI=1S/C16H16O3.3C4H9.Sn/c1-19-14-9-7-13(8-10-14)16(18)11-15(17)12-5-3-2-4-6-12;3*1-3-4-2;/h2-11,16-18H,1H3;3*1,3-4H2,2H3;/q;;;;+1/p-1/b15-11-;;;;. The summed E-state index contributed by atoms with van der Waals surface area (Å²) in [6.45, 7) is 6.83. The van der Waals surface area contributed by atoms with E-state index in [0.717, 1.165) is 22.6 Å². The first-order valence-electron chi connectivity index (χ1n) is 12.4. The molecule has 0 aliphatic carbocycles. The molecule has 3 nitrogen and oxygen atoms in total. The van der Waals surface area contributed by atoms with Gasteiger partial charge >= 0.3 is 201 Å². The van der Waals surface area contributed by atoms with Gasteiger partial charge in [0.05, 0.1) is 0 Å². The minimum atomic E-state index is -2.91. The monoisotopic (exact) mass is 546 g/mol. The molecular weight excluding hydrogens is 503 g/mol. The number of ether oxygens (including phenoxy) is 1. The second-order valence-corrected chi connectivity index (χ2v) is 20.3. The Morgan fingerprint density at radius 1 is 0.844 bits per heavy atom. The van der Waals surface area contributed by atoms with Crippen molar-refractivity contribution in [2.75, 3.05) is 7.11 Å². The van der Waals surface area contributed by atoms with E-state index in [1.54, 1.807) is 7.11 Å². The van der Waals surface area contributed by atoms with Crippen LogP contribution in [0.4, 0.5) is 0 Å². The van der Waals surface area contributed by atoms with Crippen LogP contribution in [0, 0.1) is 0 Å². The summed E-state index contributed by atoms with van der Waals surface area (Å²) >= 11 is -2.91. The molecule has 2 aromatic carbocycles. The van der Waals surface area contributed by atoms with Crippen LogP contribution in [0.5, 0.6) is 5.75 Å². The van der Waals surface area contributed by atoms with E-state index in [9.17, 15) is 5.11 Å². The topological polar surface area (TPSA) is 38.7 Å². The van der Waals surface area contributed by atoms with Gasteiger partial charge in [-0.3, -0.25) is 0 Å². The van der Waals surface area contributed by atoms with E-state index in [2.05, 4.69) is 32.9 Å². The summed E-state index contributed by atoms with van der Waals surface area (Å²) in [6.07, 6.45) is 8.55. The van der Waals surface area contributed by atoms with Gasteiger partial charge in [-0.25, -0.2) is 0 Å². The molecule has 0 aliphatic rings. The van der Waals surface area contributed by atoms with Crippen molar-refractivity contribution in [3.63, 3.8) is 0 Å². The maximum atomic E-state index is 11.1. The number of unbranched alkanes of at least 4 members (excludes halogenated alkanes) is 3. The van der Waals surface area contributed by atoms with Crippen molar-refractivity contribution in [1.82, 2.24) is 0 Å². The van der Waals surface area contributed by atoms with Gasteiger partial charge in [-0.15, -0.1) is 0 Å². The third-order valence-corrected chi connectivity index (χ3v) is 18.8. The third kappa shape index (κ3) is 8.47. The molecule has 4 heteroatoms. The zero-order valence-corrected chi connectivity index (χ0v) is 23.3. The molecule has 0 spiro atoms. The van der Waals surface area contributed by atoms with E-state index in [-0.39, 0.29) is 0 Å². The summed E-state index contributed by atoms with van der Waals surface area (Å²) in [5.74, 6) is 1.66. The number of methoxy groups -OCH3 is 1. The van der Waals surface area contributed by atoms with Crippen LogP contribution in [0.3, 0.4) is 0 Å². The second-order valence-electron chi connectivity index (χ2n) is 8.71. The van der Waals surface area contributed by atoms with Gasteiger partial charge in [0.1, 0.15) is 0 Å². The first kappa shape index (κ1) is 26.8. The molecule has 32 heavy (non-hydrogen) atoms. The van der Waals surface area contributed by atoms with E-state index in [1.807, 2.05) is 48.5 Å². The summed E-state index contributed by atoms with van der Waals surface area (Å²) in [5, 5.41) is 11.1. The van der Waals surface area contributed by atoms with Crippen LogP contribution in [0.15, 0.2) is 60.7 Å². The Morgan fingerprint density at radius 2 is 1.38 bits per heavy atom. The van der Waals surface area contributed by atoms with Crippen LogP contribution >= 0.6 is 0 Å². The molecule has 0 saturated carbocycles. The molecule has 1 unspecified atom stereocenters. The molecule has 0 radical (unpaired) electrons. The van der Waals surface area contributed by atoms with Crippen LogP contribution in [0.25, 0.3) is 5.76 Å². The SMILES string of the molecule is CCC[CH2][Sn]([CH2]CCC)([CH2]CCC)[O]/C(=C\C(O)c1ccc(OC)cc1)c1ccccc1. The molecule has 0 fully saturated rings. The number of hydrogen-bond donors (Lipinski definition) is 1. The van der Waals surface area contributed by atoms with Crippen molar-refractivity contribution < 1.29 is 12.9 Å².